The Hall–Kier alpha value is -0.880. The van der Waals surface area contributed by atoms with E-state index in [0.717, 1.165) is 11.0 Å². The van der Waals surface area contributed by atoms with E-state index >= 15 is 0 Å². The summed E-state index contributed by atoms with van der Waals surface area (Å²) < 4.78 is 24.8. The summed E-state index contributed by atoms with van der Waals surface area (Å²) >= 11 is 5.69. The molecule has 0 aromatic heterocycles. The fourth-order valence-electron chi connectivity index (χ4n) is 0.978. The zero-order valence-corrected chi connectivity index (χ0v) is 10.0. The van der Waals surface area contributed by atoms with E-state index in [1.54, 1.807) is 24.3 Å². The van der Waals surface area contributed by atoms with Crippen LogP contribution in [0.3, 0.4) is 0 Å². The van der Waals surface area contributed by atoms with Gasteiger partial charge in [-0.15, -0.1) is 0 Å². The molecule has 16 heavy (non-hydrogen) atoms. The Morgan fingerprint density at radius 2 is 1.94 bits per heavy atom. The van der Waals surface area contributed by atoms with E-state index < -0.39 is 10.0 Å². The van der Waals surface area contributed by atoms with Crippen LogP contribution in [0.5, 0.6) is 0 Å². The molecule has 0 aliphatic rings. The second-order valence-corrected chi connectivity index (χ2v) is 5.10. The first kappa shape index (κ1) is 13.2. The van der Waals surface area contributed by atoms with Gasteiger partial charge in [0.1, 0.15) is 0 Å². The predicted molar refractivity (Wildman–Crippen MR) is 64.5 cm³/mol. The van der Waals surface area contributed by atoms with Gasteiger partial charge in [0.25, 0.3) is 0 Å². The zero-order valence-electron chi connectivity index (χ0n) is 8.43. The second-order valence-electron chi connectivity index (χ2n) is 3.02. The van der Waals surface area contributed by atoms with Gasteiger partial charge >= 0.3 is 0 Å². The first-order chi connectivity index (χ1) is 7.53. The van der Waals surface area contributed by atoms with Crippen LogP contribution >= 0.6 is 11.6 Å². The molecule has 0 saturated carbocycles. The molecule has 1 aromatic carbocycles. The molecule has 0 spiro atoms. The van der Waals surface area contributed by atoms with Crippen LogP contribution in [0, 0.1) is 0 Å². The summed E-state index contributed by atoms with van der Waals surface area (Å²) in [5, 5.41) is 10.1. The molecule has 4 nitrogen and oxygen atoms in total. The number of nitrogens with one attached hydrogen (secondary N) is 1. The van der Waals surface area contributed by atoms with E-state index in [-0.39, 0.29) is 13.2 Å². The van der Waals surface area contributed by atoms with Crippen molar-refractivity contribution in [3.63, 3.8) is 0 Å². The minimum Gasteiger partial charge on any atom is -0.395 e. The molecule has 6 heteroatoms. The highest BCUT2D eigenvalue weighted by Crippen LogP contribution is 2.10. The average molecular weight is 262 g/mol. The van der Waals surface area contributed by atoms with Crippen LogP contribution in [0.25, 0.3) is 6.08 Å². The van der Waals surface area contributed by atoms with Gasteiger partial charge in [-0.1, -0.05) is 23.7 Å². The number of aliphatic hydroxyl groups is 1. The number of aliphatic hydroxyl groups excluding tert-OH is 1. The molecule has 1 rings (SSSR count). The van der Waals surface area contributed by atoms with Crippen molar-refractivity contribution < 1.29 is 13.5 Å². The maximum absolute atomic E-state index is 11.3. The first-order valence-electron chi connectivity index (χ1n) is 4.58. The predicted octanol–water partition coefficient (Wildman–Crippen LogP) is 1.22. The number of rotatable bonds is 5. The molecule has 0 bridgehead atoms. The van der Waals surface area contributed by atoms with Gasteiger partial charge in [-0.25, -0.2) is 13.1 Å². The van der Waals surface area contributed by atoms with Crippen LogP contribution in [0.15, 0.2) is 29.7 Å². The highest BCUT2D eigenvalue weighted by atomic mass is 35.5. The minimum absolute atomic E-state index is 0.00723. The highest BCUT2D eigenvalue weighted by molar-refractivity contribution is 7.92. The van der Waals surface area contributed by atoms with Gasteiger partial charge < -0.3 is 5.11 Å². The Balaban J connectivity index is 2.69. The Morgan fingerprint density at radius 3 is 2.50 bits per heavy atom. The average Bonchev–Trinajstić information content (AvgIpc) is 2.26. The fourth-order valence-corrected chi connectivity index (χ4v) is 1.91. The van der Waals surface area contributed by atoms with Gasteiger partial charge in [-0.05, 0) is 23.8 Å². The standard InChI is InChI=1S/C10H12ClNO3S/c11-10-3-1-9(2-4-10)5-8-16(14,15)12-6-7-13/h1-5,8,12-13H,6-7H2/b8-5+. The molecule has 0 saturated heterocycles. The van der Waals surface area contributed by atoms with E-state index in [2.05, 4.69) is 4.72 Å². The van der Waals surface area contributed by atoms with E-state index in [1.807, 2.05) is 0 Å². The van der Waals surface area contributed by atoms with Crippen LogP contribution in [0.4, 0.5) is 0 Å². The highest BCUT2D eigenvalue weighted by Gasteiger charge is 2.02. The summed E-state index contributed by atoms with van der Waals surface area (Å²) in [6, 6.07) is 6.77. The Morgan fingerprint density at radius 1 is 1.31 bits per heavy atom. The largest absolute Gasteiger partial charge is 0.395 e. The van der Waals surface area contributed by atoms with Gasteiger partial charge in [0.2, 0.25) is 10.0 Å². The molecule has 0 radical (unpaired) electrons. The molecule has 0 aliphatic heterocycles. The summed E-state index contributed by atoms with van der Waals surface area (Å²) in [6.07, 6.45) is 1.45. The van der Waals surface area contributed by atoms with E-state index in [0.29, 0.717) is 5.02 Å². The molecule has 0 unspecified atom stereocenters. The number of halogens is 1. The zero-order chi connectivity index (χ0) is 12.0. The van der Waals surface area contributed by atoms with E-state index in [1.165, 1.54) is 6.08 Å². The molecule has 0 amide bonds. The molecule has 2 N–H and O–H groups in total. The quantitative estimate of drug-likeness (QED) is 0.838. The molecule has 0 heterocycles. The number of sulfonamides is 1. The monoisotopic (exact) mass is 261 g/mol. The lowest BCUT2D eigenvalue weighted by atomic mass is 10.2. The Kier molecular flexibility index (Phi) is 4.95. The summed E-state index contributed by atoms with van der Waals surface area (Å²) in [5.41, 5.74) is 0.735. The van der Waals surface area contributed by atoms with Crippen molar-refractivity contribution in [3.05, 3.63) is 40.3 Å². The van der Waals surface area contributed by atoms with E-state index in [4.69, 9.17) is 16.7 Å². The van der Waals surface area contributed by atoms with Crippen molar-refractivity contribution in [1.29, 1.82) is 0 Å². The van der Waals surface area contributed by atoms with Crippen molar-refractivity contribution in [2.24, 2.45) is 0 Å². The van der Waals surface area contributed by atoms with Crippen LogP contribution in [-0.2, 0) is 10.0 Å². The van der Waals surface area contributed by atoms with Crippen molar-refractivity contribution in [2.75, 3.05) is 13.2 Å². The Bertz CT molecular complexity index is 453. The van der Waals surface area contributed by atoms with Crippen molar-refractivity contribution >= 4 is 27.7 Å². The number of benzene rings is 1. The smallest absolute Gasteiger partial charge is 0.233 e. The summed E-state index contributed by atoms with van der Waals surface area (Å²) in [6.45, 7) is -0.221. The maximum Gasteiger partial charge on any atom is 0.233 e. The van der Waals surface area contributed by atoms with Crippen LogP contribution in [-0.4, -0.2) is 26.7 Å². The van der Waals surface area contributed by atoms with Crippen LogP contribution in [0.2, 0.25) is 5.02 Å². The third-order valence-corrected chi connectivity index (χ3v) is 3.08. The van der Waals surface area contributed by atoms with Crippen molar-refractivity contribution in [2.45, 2.75) is 0 Å². The number of hydrogen-bond acceptors (Lipinski definition) is 3. The Labute approximate surface area is 99.6 Å². The molecule has 88 valence electrons. The van der Waals surface area contributed by atoms with Gasteiger partial charge in [-0.3, -0.25) is 0 Å². The summed E-state index contributed by atoms with van der Waals surface area (Å²) in [4.78, 5) is 0. The van der Waals surface area contributed by atoms with Crippen molar-refractivity contribution in [3.8, 4) is 0 Å². The molecular weight excluding hydrogens is 250 g/mol. The minimum atomic E-state index is -3.48. The second kappa shape index (κ2) is 6.00. The first-order valence-corrected chi connectivity index (χ1v) is 6.50. The summed E-state index contributed by atoms with van der Waals surface area (Å²) in [5.74, 6) is 0. The third kappa shape index (κ3) is 4.76. The third-order valence-electron chi connectivity index (χ3n) is 1.72. The van der Waals surface area contributed by atoms with Crippen molar-refractivity contribution in [1.82, 2.24) is 4.72 Å². The van der Waals surface area contributed by atoms with Gasteiger partial charge in [-0.2, -0.15) is 0 Å². The lowest BCUT2D eigenvalue weighted by Crippen LogP contribution is -2.24. The van der Waals surface area contributed by atoms with Crippen LogP contribution < -0.4 is 4.72 Å². The van der Waals surface area contributed by atoms with Gasteiger partial charge in [0.15, 0.2) is 0 Å². The maximum atomic E-state index is 11.3. The molecule has 0 atom stereocenters. The molecule has 1 aromatic rings. The fraction of sp³-hybridized carbons (Fsp3) is 0.200. The molecule has 0 aliphatic carbocycles. The lowest BCUT2D eigenvalue weighted by Gasteiger charge is -1.99. The molecular formula is C10H12ClNO3S. The van der Waals surface area contributed by atoms with Gasteiger partial charge in [0.05, 0.1) is 6.61 Å². The van der Waals surface area contributed by atoms with Gasteiger partial charge in [0, 0.05) is 17.0 Å². The topological polar surface area (TPSA) is 66.4 Å². The van der Waals surface area contributed by atoms with E-state index in [9.17, 15) is 8.42 Å². The number of hydrogen-bond donors (Lipinski definition) is 2. The SMILES string of the molecule is O=S(=O)(/C=C/c1ccc(Cl)cc1)NCCO. The summed E-state index contributed by atoms with van der Waals surface area (Å²) in [7, 11) is -3.48. The van der Waals surface area contributed by atoms with Crippen LogP contribution in [0.1, 0.15) is 5.56 Å². The molecule has 0 fully saturated rings. The lowest BCUT2D eigenvalue weighted by molar-refractivity contribution is 0.301. The normalized spacial score (nSPS) is 12.1.